The van der Waals surface area contributed by atoms with Crippen molar-refractivity contribution in [2.24, 2.45) is 0 Å². The molecule has 1 N–H and O–H groups in total. The van der Waals surface area contributed by atoms with E-state index in [1.165, 1.54) is 0 Å². The number of rotatable bonds is 6. The molecule has 0 radical (unpaired) electrons. The topological polar surface area (TPSA) is 12.0 Å². The molecule has 0 heterocycles. The first-order chi connectivity index (χ1) is 6.81. The van der Waals surface area contributed by atoms with E-state index < -0.39 is 0 Å². The van der Waals surface area contributed by atoms with E-state index in [0.29, 0.717) is 6.04 Å². The summed E-state index contributed by atoms with van der Waals surface area (Å²) in [5.41, 5.74) is 0. The third-order valence-corrected chi connectivity index (χ3v) is 1.63. The van der Waals surface area contributed by atoms with E-state index in [1.54, 1.807) is 0 Å². The van der Waals surface area contributed by atoms with Crippen LogP contribution in [0.25, 0.3) is 0 Å². The second kappa shape index (κ2) is 9.85. The summed E-state index contributed by atoms with van der Waals surface area (Å²) >= 11 is 0. The Hall–Kier alpha value is -1.24. The van der Waals surface area contributed by atoms with Crippen LogP contribution in [-0.4, -0.2) is 6.04 Å². The average Bonchev–Trinajstić information content (AvgIpc) is 2.20. The molecule has 0 aliphatic rings. The minimum Gasteiger partial charge on any atom is -0.385 e. The Morgan fingerprint density at radius 2 is 1.86 bits per heavy atom. The molecule has 0 rings (SSSR count). The first kappa shape index (κ1) is 12.8. The SMILES string of the molecule is C/C=C\NC(C)\C=C/C=C\C=C\CC. The summed E-state index contributed by atoms with van der Waals surface area (Å²) in [5.74, 6) is 0. The zero-order chi connectivity index (χ0) is 10.6. The fourth-order valence-corrected chi connectivity index (χ4v) is 0.877. The second-order valence-corrected chi connectivity index (χ2v) is 3.06. The van der Waals surface area contributed by atoms with Gasteiger partial charge in [0.1, 0.15) is 0 Å². The Morgan fingerprint density at radius 3 is 2.50 bits per heavy atom. The van der Waals surface area contributed by atoms with E-state index in [0.717, 1.165) is 6.42 Å². The molecule has 0 saturated carbocycles. The zero-order valence-corrected chi connectivity index (χ0v) is 9.40. The minimum atomic E-state index is 0.381. The lowest BCUT2D eigenvalue weighted by Gasteiger charge is -2.03. The van der Waals surface area contributed by atoms with Crippen LogP contribution in [0, 0.1) is 0 Å². The predicted octanol–water partition coefficient (Wildman–Crippen LogP) is 3.58. The van der Waals surface area contributed by atoms with Gasteiger partial charge in [0.05, 0.1) is 0 Å². The standard InChI is InChI=1S/C13H21N/c1-4-6-7-8-9-10-11-13(3)14-12-5-2/h5-14H,4H2,1-3H3/b7-6+,9-8-,11-10-,12-5-. The molecule has 14 heavy (non-hydrogen) atoms. The summed E-state index contributed by atoms with van der Waals surface area (Å²) in [4.78, 5) is 0. The summed E-state index contributed by atoms with van der Waals surface area (Å²) < 4.78 is 0. The summed E-state index contributed by atoms with van der Waals surface area (Å²) in [5, 5.41) is 3.22. The normalized spacial score (nSPS) is 15.1. The first-order valence-electron chi connectivity index (χ1n) is 5.18. The van der Waals surface area contributed by atoms with Gasteiger partial charge in [-0.25, -0.2) is 0 Å². The molecule has 1 nitrogen and oxygen atoms in total. The van der Waals surface area contributed by atoms with E-state index >= 15 is 0 Å². The van der Waals surface area contributed by atoms with Crippen molar-refractivity contribution in [1.82, 2.24) is 5.32 Å². The molecular weight excluding hydrogens is 170 g/mol. The molecule has 0 spiro atoms. The number of nitrogens with one attached hydrogen (secondary N) is 1. The molecule has 0 saturated heterocycles. The monoisotopic (exact) mass is 191 g/mol. The van der Waals surface area contributed by atoms with Crippen LogP contribution in [0.4, 0.5) is 0 Å². The highest BCUT2D eigenvalue weighted by Crippen LogP contribution is 1.87. The molecule has 0 aliphatic carbocycles. The van der Waals surface area contributed by atoms with Gasteiger partial charge < -0.3 is 5.32 Å². The van der Waals surface area contributed by atoms with Crippen LogP contribution in [0.2, 0.25) is 0 Å². The van der Waals surface area contributed by atoms with Crippen LogP contribution >= 0.6 is 0 Å². The van der Waals surface area contributed by atoms with Gasteiger partial charge in [-0.1, -0.05) is 49.5 Å². The van der Waals surface area contributed by atoms with E-state index in [-0.39, 0.29) is 0 Å². The lowest BCUT2D eigenvalue weighted by Crippen LogP contribution is -2.16. The van der Waals surface area contributed by atoms with Gasteiger partial charge in [-0.2, -0.15) is 0 Å². The van der Waals surface area contributed by atoms with Crippen molar-refractivity contribution in [2.45, 2.75) is 33.2 Å². The highest BCUT2D eigenvalue weighted by Gasteiger charge is 1.86. The van der Waals surface area contributed by atoms with Gasteiger partial charge in [-0.05, 0) is 26.5 Å². The zero-order valence-electron chi connectivity index (χ0n) is 9.40. The number of hydrogen-bond donors (Lipinski definition) is 1. The van der Waals surface area contributed by atoms with Crippen molar-refractivity contribution >= 4 is 0 Å². The Morgan fingerprint density at radius 1 is 1.14 bits per heavy atom. The quantitative estimate of drug-likeness (QED) is 0.633. The van der Waals surface area contributed by atoms with Crippen molar-refractivity contribution in [3.8, 4) is 0 Å². The fourth-order valence-electron chi connectivity index (χ4n) is 0.877. The van der Waals surface area contributed by atoms with Gasteiger partial charge in [-0.15, -0.1) is 0 Å². The van der Waals surface area contributed by atoms with Gasteiger partial charge >= 0.3 is 0 Å². The first-order valence-corrected chi connectivity index (χ1v) is 5.18. The van der Waals surface area contributed by atoms with Crippen molar-refractivity contribution in [3.63, 3.8) is 0 Å². The third kappa shape index (κ3) is 8.85. The number of allylic oxidation sites excluding steroid dienone is 6. The molecule has 0 bridgehead atoms. The van der Waals surface area contributed by atoms with Crippen molar-refractivity contribution in [3.05, 3.63) is 48.7 Å². The van der Waals surface area contributed by atoms with Crippen molar-refractivity contribution in [1.29, 1.82) is 0 Å². The molecule has 0 aliphatic heterocycles. The fraction of sp³-hybridized carbons (Fsp3) is 0.385. The van der Waals surface area contributed by atoms with E-state index in [1.807, 2.05) is 31.4 Å². The molecule has 78 valence electrons. The molecular formula is C13H21N. The van der Waals surface area contributed by atoms with Crippen molar-refractivity contribution in [2.75, 3.05) is 0 Å². The lowest BCUT2D eigenvalue weighted by atomic mass is 10.3. The Balaban J connectivity index is 3.70. The van der Waals surface area contributed by atoms with E-state index in [2.05, 4.69) is 43.5 Å². The van der Waals surface area contributed by atoms with Gasteiger partial charge in [0.2, 0.25) is 0 Å². The smallest absolute Gasteiger partial charge is 0.0413 e. The van der Waals surface area contributed by atoms with Crippen LogP contribution in [0.3, 0.4) is 0 Å². The molecule has 1 unspecified atom stereocenters. The lowest BCUT2D eigenvalue weighted by molar-refractivity contribution is 0.769. The Kier molecular flexibility index (Phi) is 8.97. The van der Waals surface area contributed by atoms with Crippen LogP contribution in [0.15, 0.2) is 48.7 Å². The highest BCUT2D eigenvalue weighted by atomic mass is 14.9. The minimum absolute atomic E-state index is 0.381. The van der Waals surface area contributed by atoms with E-state index in [4.69, 9.17) is 0 Å². The maximum absolute atomic E-state index is 3.22. The molecule has 0 amide bonds. The van der Waals surface area contributed by atoms with Crippen LogP contribution in [0.1, 0.15) is 27.2 Å². The summed E-state index contributed by atoms with van der Waals surface area (Å²) in [6.45, 7) is 6.24. The maximum atomic E-state index is 3.22. The number of hydrogen-bond acceptors (Lipinski definition) is 1. The van der Waals surface area contributed by atoms with Crippen molar-refractivity contribution < 1.29 is 0 Å². The summed E-state index contributed by atoms with van der Waals surface area (Å²) in [6.07, 6.45) is 17.5. The molecule has 0 fully saturated rings. The highest BCUT2D eigenvalue weighted by molar-refractivity contribution is 5.12. The summed E-state index contributed by atoms with van der Waals surface area (Å²) in [7, 11) is 0. The Labute approximate surface area is 87.9 Å². The van der Waals surface area contributed by atoms with Crippen LogP contribution < -0.4 is 5.32 Å². The van der Waals surface area contributed by atoms with Gasteiger partial charge in [0.25, 0.3) is 0 Å². The summed E-state index contributed by atoms with van der Waals surface area (Å²) in [6, 6.07) is 0.381. The molecule has 1 atom stereocenters. The average molecular weight is 191 g/mol. The van der Waals surface area contributed by atoms with Crippen LogP contribution in [-0.2, 0) is 0 Å². The predicted molar refractivity (Wildman–Crippen MR) is 65.1 cm³/mol. The third-order valence-electron chi connectivity index (χ3n) is 1.63. The largest absolute Gasteiger partial charge is 0.385 e. The molecule has 0 aromatic heterocycles. The van der Waals surface area contributed by atoms with Crippen LogP contribution in [0.5, 0.6) is 0 Å². The van der Waals surface area contributed by atoms with E-state index in [9.17, 15) is 0 Å². The molecule has 0 aromatic carbocycles. The molecule has 1 heteroatoms. The second-order valence-electron chi connectivity index (χ2n) is 3.06. The van der Waals surface area contributed by atoms with Gasteiger partial charge in [0, 0.05) is 6.04 Å². The molecule has 0 aromatic rings. The Bertz CT molecular complexity index is 221. The van der Waals surface area contributed by atoms with Gasteiger partial charge in [0.15, 0.2) is 0 Å². The maximum Gasteiger partial charge on any atom is 0.0413 e. The van der Waals surface area contributed by atoms with Gasteiger partial charge in [-0.3, -0.25) is 0 Å².